The number of fused-ring (bicyclic) bond motifs is 1. The van der Waals surface area contributed by atoms with Gasteiger partial charge in [0.05, 0.1) is 5.69 Å². The van der Waals surface area contributed by atoms with E-state index in [1.807, 2.05) is 66.2 Å². The van der Waals surface area contributed by atoms with Gasteiger partial charge in [0.2, 0.25) is 0 Å². The minimum absolute atomic E-state index is 0.346. The lowest BCUT2D eigenvalue weighted by Gasteiger charge is -2.09. The van der Waals surface area contributed by atoms with Crippen molar-refractivity contribution in [1.82, 2.24) is 20.2 Å². The van der Waals surface area contributed by atoms with Crippen LogP contribution in [0.1, 0.15) is 32.0 Å². The first-order valence-corrected chi connectivity index (χ1v) is 10.4. The summed E-state index contributed by atoms with van der Waals surface area (Å²) in [6.45, 7) is 1.85. The Morgan fingerprint density at radius 3 is 2.43 bits per heavy atom. The van der Waals surface area contributed by atoms with Gasteiger partial charge in [0.25, 0.3) is 11.8 Å². The number of carbonyl (C=O) groups excluding carboxylic acids is 2. The fraction of sp³-hybridized carbons (Fsp3) is 0.0870. The lowest BCUT2D eigenvalue weighted by Crippen LogP contribution is -2.41. The van der Waals surface area contributed by atoms with Gasteiger partial charge in [-0.2, -0.15) is 0 Å². The quantitative estimate of drug-likeness (QED) is 0.381. The highest BCUT2D eigenvalue weighted by molar-refractivity contribution is 7.98. The third kappa shape index (κ3) is 4.52. The molecule has 150 valence electrons. The summed E-state index contributed by atoms with van der Waals surface area (Å²) in [4.78, 5) is 30.1. The van der Waals surface area contributed by atoms with Crippen molar-refractivity contribution in [3.05, 3.63) is 102 Å². The van der Waals surface area contributed by atoms with Crippen LogP contribution in [0.5, 0.6) is 0 Å². The normalized spacial score (nSPS) is 10.7. The number of thioether (sulfide) groups is 1. The Hall–Kier alpha value is -3.58. The van der Waals surface area contributed by atoms with E-state index in [9.17, 15) is 9.59 Å². The molecule has 0 saturated heterocycles. The van der Waals surface area contributed by atoms with Crippen LogP contribution in [0.2, 0.25) is 0 Å². The second kappa shape index (κ2) is 8.84. The van der Waals surface area contributed by atoms with Crippen molar-refractivity contribution in [3.8, 4) is 0 Å². The molecule has 0 atom stereocenters. The summed E-state index contributed by atoms with van der Waals surface area (Å²) in [7, 11) is 0. The number of aromatic nitrogens is 2. The summed E-state index contributed by atoms with van der Waals surface area (Å²) in [6, 6.07) is 20.4. The van der Waals surface area contributed by atoms with Crippen molar-refractivity contribution in [3.63, 3.8) is 0 Å². The Kier molecular flexibility index (Phi) is 5.81. The second-order valence-electron chi connectivity index (χ2n) is 6.73. The molecule has 4 aromatic rings. The van der Waals surface area contributed by atoms with Crippen LogP contribution in [0, 0.1) is 6.92 Å². The number of hydrogen-bond donors (Lipinski definition) is 2. The Bertz CT molecular complexity index is 1170. The SMILES string of the molecule is Cc1ccccc1C(=O)NNC(=O)c1ccc(SCc2cn3ccccc3n2)cc1. The number of nitrogens with one attached hydrogen (secondary N) is 2. The molecule has 0 radical (unpaired) electrons. The van der Waals surface area contributed by atoms with Crippen molar-refractivity contribution in [2.24, 2.45) is 0 Å². The minimum atomic E-state index is -0.367. The zero-order valence-corrected chi connectivity index (χ0v) is 17.1. The molecule has 2 aromatic carbocycles. The molecule has 6 nitrogen and oxygen atoms in total. The molecule has 0 unspecified atom stereocenters. The van der Waals surface area contributed by atoms with Crippen LogP contribution in [0.3, 0.4) is 0 Å². The van der Waals surface area contributed by atoms with E-state index in [0.29, 0.717) is 11.1 Å². The standard InChI is InChI=1S/C23H20N4O2S/c1-16-6-2-3-7-20(16)23(29)26-25-22(28)17-9-11-19(12-10-17)30-15-18-14-27-13-5-4-8-21(27)24-18/h2-14H,15H2,1H3,(H,25,28)(H,26,29). The Morgan fingerprint density at radius 2 is 1.67 bits per heavy atom. The van der Waals surface area contributed by atoms with Crippen LogP contribution in [0.4, 0.5) is 0 Å². The first kappa shape index (κ1) is 19.7. The van der Waals surface area contributed by atoms with Gasteiger partial charge >= 0.3 is 0 Å². The van der Waals surface area contributed by atoms with E-state index in [4.69, 9.17) is 0 Å². The fourth-order valence-electron chi connectivity index (χ4n) is 3.00. The molecular weight excluding hydrogens is 396 g/mol. The Balaban J connectivity index is 1.32. The highest BCUT2D eigenvalue weighted by Gasteiger charge is 2.11. The summed E-state index contributed by atoms with van der Waals surface area (Å²) < 4.78 is 1.99. The van der Waals surface area contributed by atoms with Crippen LogP contribution in [0.25, 0.3) is 5.65 Å². The van der Waals surface area contributed by atoms with Crippen LogP contribution in [0.15, 0.2) is 84.0 Å². The van der Waals surface area contributed by atoms with E-state index < -0.39 is 0 Å². The number of nitrogens with zero attached hydrogens (tertiary/aromatic N) is 2. The number of rotatable bonds is 5. The molecule has 0 aliphatic heterocycles. The molecule has 30 heavy (non-hydrogen) atoms. The van der Waals surface area contributed by atoms with Crippen molar-refractivity contribution in [2.75, 3.05) is 0 Å². The van der Waals surface area contributed by atoms with E-state index in [2.05, 4.69) is 15.8 Å². The van der Waals surface area contributed by atoms with Crippen LogP contribution < -0.4 is 10.9 Å². The van der Waals surface area contributed by atoms with E-state index in [0.717, 1.165) is 27.6 Å². The predicted octanol–water partition coefficient (Wildman–Crippen LogP) is 4.01. The van der Waals surface area contributed by atoms with Crippen LogP contribution in [-0.2, 0) is 5.75 Å². The lowest BCUT2D eigenvalue weighted by atomic mass is 10.1. The van der Waals surface area contributed by atoms with Gasteiger partial charge in [-0.05, 0) is 55.0 Å². The molecule has 7 heteroatoms. The van der Waals surface area contributed by atoms with Crippen molar-refractivity contribution in [1.29, 1.82) is 0 Å². The number of hydrogen-bond acceptors (Lipinski definition) is 4. The monoisotopic (exact) mass is 416 g/mol. The topological polar surface area (TPSA) is 75.5 Å². The molecule has 0 aliphatic carbocycles. The predicted molar refractivity (Wildman–Crippen MR) is 117 cm³/mol. The molecule has 2 aromatic heterocycles. The molecule has 2 heterocycles. The lowest BCUT2D eigenvalue weighted by molar-refractivity contribution is 0.0846. The fourth-order valence-corrected chi connectivity index (χ4v) is 3.78. The molecule has 2 N–H and O–H groups in total. The van der Waals surface area contributed by atoms with Crippen molar-refractivity contribution in [2.45, 2.75) is 17.6 Å². The summed E-state index contributed by atoms with van der Waals surface area (Å²) in [5.41, 5.74) is 8.67. The van der Waals surface area contributed by atoms with Crippen molar-refractivity contribution >= 4 is 29.2 Å². The number of aryl methyl sites for hydroxylation is 1. The van der Waals surface area contributed by atoms with Gasteiger partial charge in [0.1, 0.15) is 5.65 Å². The third-order valence-corrected chi connectivity index (χ3v) is 5.64. The third-order valence-electron chi connectivity index (χ3n) is 4.60. The van der Waals surface area contributed by atoms with Gasteiger partial charge in [-0.1, -0.05) is 24.3 Å². The summed E-state index contributed by atoms with van der Waals surface area (Å²) in [5.74, 6) is 0.0228. The second-order valence-corrected chi connectivity index (χ2v) is 7.78. The van der Waals surface area contributed by atoms with E-state index >= 15 is 0 Å². The van der Waals surface area contributed by atoms with Crippen LogP contribution >= 0.6 is 11.8 Å². The smallest absolute Gasteiger partial charge is 0.269 e. The average Bonchev–Trinajstić information content (AvgIpc) is 3.19. The molecule has 0 aliphatic rings. The van der Waals surface area contributed by atoms with Gasteiger partial charge in [-0.15, -0.1) is 11.8 Å². The largest absolute Gasteiger partial charge is 0.307 e. The molecule has 0 bridgehead atoms. The number of pyridine rings is 1. The highest BCUT2D eigenvalue weighted by atomic mass is 32.2. The van der Waals surface area contributed by atoms with Gasteiger partial charge in [0, 0.05) is 34.2 Å². The summed E-state index contributed by atoms with van der Waals surface area (Å²) in [6.07, 6.45) is 3.99. The van der Waals surface area contributed by atoms with Gasteiger partial charge in [-0.3, -0.25) is 20.4 Å². The molecule has 0 spiro atoms. The minimum Gasteiger partial charge on any atom is -0.307 e. The first-order valence-electron chi connectivity index (χ1n) is 9.42. The molecule has 0 fully saturated rings. The van der Waals surface area contributed by atoms with Crippen molar-refractivity contribution < 1.29 is 9.59 Å². The number of amides is 2. The Morgan fingerprint density at radius 1 is 0.933 bits per heavy atom. The van der Waals surface area contributed by atoms with Crippen LogP contribution in [-0.4, -0.2) is 21.2 Å². The summed E-state index contributed by atoms with van der Waals surface area (Å²) in [5, 5.41) is 0. The maximum atomic E-state index is 12.3. The number of carbonyl (C=O) groups is 2. The first-order chi connectivity index (χ1) is 14.6. The van der Waals surface area contributed by atoms with Gasteiger partial charge in [0.15, 0.2) is 0 Å². The maximum Gasteiger partial charge on any atom is 0.269 e. The van der Waals surface area contributed by atoms with E-state index in [1.165, 1.54) is 0 Å². The molecular formula is C23H20N4O2S. The van der Waals surface area contributed by atoms with E-state index in [1.54, 1.807) is 36.0 Å². The Labute approximate surface area is 178 Å². The van der Waals surface area contributed by atoms with Gasteiger partial charge in [-0.25, -0.2) is 4.98 Å². The maximum absolute atomic E-state index is 12.3. The number of imidazole rings is 1. The van der Waals surface area contributed by atoms with E-state index in [-0.39, 0.29) is 11.8 Å². The zero-order chi connectivity index (χ0) is 20.9. The molecule has 4 rings (SSSR count). The molecule has 0 saturated carbocycles. The number of benzene rings is 2. The molecule has 2 amide bonds. The average molecular weight is 417 g/mol. The zero-order valence-electron chi connectivity index (χ0n) is 16.3. The highest BCUT2D eigenvalue weighted by Crippen LogP contribution is 2.23. The van der Waals surface area contributed by atoms with Gasteiger partial charge < -0.3 is 4.40 Å². The summed E-state index contributed by atoms with van der Waals surface area (Å²) >= 11 is 1.65. The number of hydrazine groups is 1.